The minimum Gasteiger partial charge on any atom is -0.337 e. The van der Waals surface area contributed by atoms with Crippen molar-refractivity contribution in [2.75, 3.05) is 13.6 Å². The number of thiophene rings is 1. The van der Waals surface area contributed by atoms with Crippen LogP contribution in [0.15, 0.2) is 18.2 Å². The van der Waals surface area contributed by atoms with Gasteiger partial charge >= 0.3 is 0 Å². The molecular weight excluding hydrogens is 263 g/mol. The number of halogens is 1. The number of carbonyl (C=O) groups is 1. The molecule has 3 nitrogen and oxygen atoms in total. The highest BCUT2D eigenvalue weighted by Gasteiger charge is 2.22. The van der Waals surface area contributed by atoms with E-state index < -0.39 is 0 Å². The molecule has 0 aliphatic heterocycles. The lowest BCUT2D eigenvalue weighted by Crippen LogP contribution is -2.39. The molecule has 0 saturated heterocycles. The van der Waals surface area contributed by atoms with Crippen LogP contribution in [0.25, 0.3) is 10.1 Å². The molecule has 0 spiro atoms. The first-order valence-electron chi connectivity index (χ1n) is 6.12. The first-order valence-corrected chi connectivity index (χ1v) is 6.93. The third-order valence-electron chi connectivity index (χ3n) is 3.42. The van der Waals surface area contributed by atoms with Gasteiger partial charge in [0.15, 0.2) is 0 Å². The molecule has 0 saturated carbocycles. The summed E-state index contributed by atoms with van der Waals surface area (Å²) in [5.74, 6) is -0.379. The Balaban J connectivity index is 2.49. The Bertz CT molecular complexity index is 623. The number of carbonyl (C=O) groups excluding carboxylic acids is 1. The van der Waals surface area contributed by atoms with E-state index in [0.717, 1.165) is 4.70 Å². The van der Waals surface area contributed by atoms with Crippen LogP contribution < -0.4 is 5.73 Å². The van der Waals surface area contributed by atoms with E-state index in [9.17, 15) is 9.18 Å². The molecule has 0 aliphatic carbocycles. The number of nitrogens with two attached hydrogens (primary N) is 1. The number of fused-ring (bicyclic) bond motifs is 1. The zero-order valence-electron chi connectivity index (χ0n) is 11.2. The Morgan fingerprint density at radius 1 is 1.53 bits per heavy atom. The largest absolute Gasteiger partial charge is 0.337 e. The maximum atomic E-state index is 13.8. The van der Waals surface area contributed by atoms with Crippen LogP contribution in [-0.4, -0.2) is 30.4 Å². The molecule has 19 heavy (non-hydrogen) atoms. The van der Waals surface area contributed by atoms with Gasteiger partial charge in [-0.15, -0.1) is 11.3 Å². The van der Waals surface area contributed by atoms with Gasteiger partial charge in [0.2, 0.25) is 0 Å². The summed E-state index contributed by atoms with van der Waals surface area (Å²) in [6.45, 7) is 4.08. The second kappa shape index (κ2) is 5.27. The lowest BCUT2D eigenvalue weighted by atomic mass is 10.1. The summed E-state index contributed by atoms with van der Waals surface area (Å²) in [7, 11) is 1.72. The number of amides is 1. The topological polar surface area (TPSA) is 46.3 Å². The van der Waals surface area contributed by atoms with Crippen LogP contribution in [0, 0.1) is 12.7 Å². The van der Waals surface area contributed by atoms with Gasteiger partial charge in [-0.25, -0.2) is 4.39 Å². The van der Waals surface area contributed by atoms with Gasteiger partial charge in [-0.05, 0) is 31.5 Å². The summed E-state index contributed by atoms with van der Waals surface area (Å²) >= 11 is 1.33. The van der Waals surface area contributed by atoms with Crippen LogP contribution >= 0.6 is 11.3 Å². The highest BCUT2D eigenvalue weighted by atomic mass is 32.1. The van der Waals surface area contributed by atoms with Gasteiger partial charge < -0.3 is 10.6 Å². The second-order valence-corrected chi connectivity index (χ2v) is 5.72. The number of hydrogen-bond acceptors (Lipinski definition) is 3. The maximum Gasteiger partial charge on any atom is 0.264 e. The molecule has 1 atom stereocenters. The fraction of sp³-hybridized carbons (Fsp3) is 0.357. The summed E-state index contributed by atoms with van der Waals surface area (Å²) in [5.41, 5.74) is 6.28. The standard InChI is InChI=1S/C14H17FN2OS/c1-8(7-16)17(3)14(18)13-9(2)12-10(15)5-4-6-11(12)19-13/h4-6,8H,7,16H2,1-3H3. The quantitative estimate of drug-likeness (QED) is 0.939. The first-order chi connectivity index (χ1) is 8.97. The van der Waals surface area contributed by atoms with Crippen molar-refractivity contribution in [2.45, 2.75) is 19.9 Å². The van der Waals surface area contributed by atoms with Crippen molar-refractivity contribution in [2.24, 2.45) is 5.73 Å². The van der Waals surface area contributed by atoms with E-state index in [0.29, 0.717) is 22.4 Å². The van der Waals surface area contributed by atoms with E-state index in [1.807, 2.05) is 13.0 Å². The molecule has 1 aromatic heterocycles. The molecule has 1 amide bonds. The third-order valence-corrected chi connectivity index (χ3v) is 4.66. The predicted octanol–water partition coefficient (Wildman–Crippen LogP) is 2.77. The van der Waals surface area contributed by atoms with Crippen molar-refractivity contribution in [1.82, 2.24) is 4.90 Å². The van der Waals surface area contributed by atoms with Gasteiger partial charge in [0.05, 0.1) is 4.88 Å². The van der Waals surface area contributed by atoms with E-state index in [1.165, 1.54) is 17.4 Å². The van der Waals surface area contributed by atoms with Crippen LogP contribution in [0.5, 0.6) is 0 Å². The average molecular weight is 280 g/mol. The predicted molar refractivity (Wildman–Crippen MR) is 77.1 cm³/mol. The fourth-order valence-electron chi connectivity index (χ4n) is 1.98. The molecule has 0 fully saturated rings. The van der Waals surface area contributed by atoms with Crippen LogP contribution in [0.2, 0.25) is 0 Å². The number of nitrogens with zero attached hydrogens (tertiary/aromatic N) is 1. The van der Waals surface area contributed by atoms with Gasteiger partial charge in [-0.3, -0.25) is 4.79 Å². The summed E-state index contributed by atoms with van der Waals surface area (Å²) in [4.78, 5) is 14.6. The number of aryl methyl sites for hydroxylation is 1. The van der Waals surface area contributed by atoms with Gasteiger partial charge in [0, 0.05) is 29.7 Å². The van der Waals surface area contributed by atoms with Gasteiger partial charge in [-0.2, -0.15) is 0 Å². The molecule has 5 heteroatoms. The van der Waals surface area contributed by atoms with Gasteiger partial charge in [0.1, 0.15) is 5.82 Å². The number of benzene rings is 1. The average Bonchev–Trinajstić information content (AvgIpc) is 2.74. The monoisotopic (exact) mass is 280 g/mol. The van der Waals surface area contributed by atoms with Crippen molar-refractivity contribution in [1.29, 1.82) is 0 Å². The second-order valence-electron chi connectivity index (χ2n) is 4.67. The molecular formula is C14H17FN2OS. The van der Waals surface area contributed by atoms with Crippen molar-refractivity contribution in [3.63, 3.8) is 0 Å². The highest BCUT2D eigenvalue weighted by molar-refractivity contribution is 7.21. The molecule has 0 bridgehead atoms. The summed E-state index contributed by atoms with van der Waals surface area (Å²) < 4.78 is 14.6. The van der Waals surface area contributed by atoms with Crippen LogP contribution in [0.4, 0.5) is 4.39 Å². The molecule has 1 unspecified atom stereocenters. The zero-order valence-corrected chi connectivity index (χ0v) is 12.1. The molecule has 2 N–H and O–H groups in total. The Labute approximate surface area is 115 Å². The van der Waals surface area contributed by atoms with Crippen LogP contribution in [-0.2, 0) is 0 Å². The molecule has 1 heterocycles. The molecule has 2 aromatic rings. The molecule has 0 aliphatic rings. The fourth-order valence-corrected chi connectivity index (χ4v) is 3.18. The summed E-state index contributed by atoms with van der Waals surface area (Å²) in [6, 6.07) is 4.87. The smallest absolute Gasteiger partial charge is 0.264 e. The van der Waals surface area contributed by atoms with Gasteiger partial charge in [-0.1, -0.05) is 6.07 Å². The SMILES string of the molecule is Cc1c(C(=O)N(C)C(C)CN)sc2cccc(F)c12. The molecule has 102 valence electrons. The molecule has 2 rings (SSSR count). The van der Waals surface area contributed by atoms with E-state index in [4.69, 9.17) is 5.73 Å². The van der Waals surface area contributed by atoms with E-state index >= 15 is 0 Å². The Hall–Kier alpha value is -1.46. The molecule has 0 radical (unpaired) electrons. The summed E-state index contributed by atoms with van der Waals surface area (Å²) in [6.07, 6.45) is 0. The Morgan fingerprint density at radius 3 is 2.79 bits per heavy atom. The number of hydrogen-bond donors (Lipinski definition) is 1. The van der Waals surface area contributed by atoms with Crippen LogP contribution in [0.1, 0.15) is 22.2 Å². The minimum atomic E-state index is -0.278. The van der Waals surface area contributed by atoms with E-state index in [2.05, 4.69) is 0 Å². The van der Waals surface area contributed by atoms with Crippen molar-refractivity contribution in [3.05, 3.63) is 34.5 Å². The van der Waals surface area contributed by atoms with E-state index in [-0.39, 0.29) is 17.8 Å². The summed E-state index contributed by atoms with van der Waals surface area (Å²) in [5, 5.41) is 0.546. The van der Waals surface area contributed by atoms with Crippen molar-refractivity contribution >= 4 is 27.3 Å². The zero-order chi connectivity index (χ0) is 14.2. The highest BCUT2D eigenvalue weighted by Crippen LogP contribution is 2.33. The molecule has 1 aromatic carbocycles. The number of rotatable bonds is 3. The Morgan fingerprint density at radius 2 is 2.21 bits per heavy atom. The maximum absolute atomic E-state index is 13.8. The lowest BCUT2D eigenvalue weighted by Gasteiger charge is -2.23. The lowest BCUT2D eigenvalue weighted by molar-refractivity contribution is 0.0753. The van der Waals surface area contributed by atoms with Gasteiger partial charge in [0.25, 0.3) is 5.91 Å². The third kappa shape index (κ3) is 2.35. The van der Waals surface area contributed by atoms with Crippen molar-refractivity contribution in [3.8, 4) is 0 Å². The van der Waals surface area contributed by atoms with E-state index in [1.54, 1.807) is 24.9 Å². The van der Waals surface area contributed by atoms with Crippen LogP contribution in [0.3, 0.4) is 0 Å². The Kier molecular flexibility index (Phi) is 3.87. The first kappa shape index (κ1) is 14.0. The minimum absolute atomic E-state index is 0.0399. The van der Waals surface area contributed by atoms with Crippen molar-refractivity contribution < 1.29 is 9.18 Å². The number of likely N-dealkylation sites (N-methyl/N-ethyl adjacent to an activating group) is 1. The normalized spacial score (nSPS) is 12.7.